The lowest BCUT2D eigenvalue weighted by atomic mass is 9.71. The summed E-state index contributed by atoms with van der Waals surface area (Å²) in [7, 11) is 1.85. The van der Waals surface area contributed by atoms with Crippen molar-refractivity contribution in [2.24, 2.45) is 11.7 Å². The van der Waals surface area contributed by atoms with E-state index in [2.05, 4.69) is 4.90 Å². The van der Waals surface area contributed by atoms with E-state index in [9.17, 15) is 9.90 Å². The van der Waals surface area contributed by atoms with Crippen LogP contribution in [0.4, 0.5) is 0 Å². The molecule has 0 bridgehead atoms. The molecule has 5 heteroatoms. The zero-order chi connectivity index (χ0) is 14.6. The van der Waals surface area contributed by atoms with Crippen LogP contribution < -0.4 is 5.73 Å². The molecule has 0 radical (unpaired) electrons. The first kappa shape index (κ1) is 15.7. The van der Waals surface area contributed by atoms with Crippen LogP contribution in [0.1, 0.15) is 38.5 Å². The molecule has 0 aromatic rings. The highest BCUT2D eigenvalue weighted by atomic mass is 16.3. The maximum absolute atomic E-state index is 12.1. The van der Waals surface area contributed by atoms with Crippen molar-refractivity contribution in [1.82, 2.24) is 9.80 Å². The Bertz CT molecular complexity index is 337. The molecule has 2 fully saturated rings. The number of carbonyl (C=O) groups is 1. The summed E-state index contributed by atoms with van der Waals surface area (Å²) in [6.45, 7) is 3.54. The van der Waals surface area contributed by atoms with E-state index in [1.54, 1.807) is 4.90 Å². The highest BCUT2D eigenvalue weighted by Gasteiger charge is 2.42. The first-order valence-electron chi connectivity index (χ1n) is 7.94. The highest BCUT2D eigenvalue weighted by molar-refractivity contribution is 5.78. The van der Waals surface area contributed by atoms with Crippen molar-refractivity contribution in [2.45, 2.75) is 44.1 Å². The number of nitrogens with two attached hydrogens (primary N) is 1. The van der Waals surface area contributed by atoms with Gasteiger partial charge in [0.25, 0.3) is 0 Å². The Labute approximate surface area is 122 Å². The third-order valence-corrected chi connectivity index (χ3v) is 4.99. The monoisotopic (exact) mass is 283 g/mol. The number of carbonyl (C=O) groups excluding carboxylic acids is 1. The number of nitrogens with zero attached hydrogens (tertiary/aromatic N) is 2. The maximum Gasteiger partial charge on any atom is 0.236 e. The van der Waals surface area contributed by atoms with Crippen LogP contribution in [0, 0.1) is 5.92 Å². The van der Waals surface area contributed by atoms with E-state index in [0.717, 1.165) is 51.7 Å². The van der Waals surface area contributed by atoms with Gasteiger partial charge in [-0.25, -0.2) is 0 Å². The zero-order valence-corrected chi connectivity index (χ0v) is 12.7. The number of likely N-dealkylation sites (N-methyl/N-ethyl adjacent to an activating group) is 1. The number of piperidine rings is 1. The van der Waals surface area contributed by atoms with Gasteiger partial charge in [0.05, 0.1) is 12.1 Å². The van der Waals surface area contributed by atoms with Gasteiger partial charge in [-0.15, -0.1) is 0 Å². The SMILES string of the molecule is CN(CCCN)C(=O)CN1CCC2(O)CCCCC2C1. The average molecular weight is 283 g/mol. The summed E-state index contributed by atoms with van der Waals surface area (Å²) in [5.41, 5.74) is 5.02. The van der Waals surface area contributed by atoms with Crippen molar-refractivity contribution in [3.05, 3.63) is 0 Å². The lowest BCUT2D eigenvalue weighted by molar-refractivity contribution is -0.135. The van der Waals surface area contributed by atoms with E-state index < -0.39 is 5.60 Å². The van der Waals surface area contributed by atoms with Gasteiger partial charge in [0, 0.05) is 32.6 Å². The van der Waals surface area contributed by atoms with Gasteiger partial charge in [-0.05, 0) is 32.2 Å². The van der Waals surface area contributed by atoms with E-state index in [0.29, 0.717) is 19.0 Å². The topological polar surface area (TPSA) is 69.8 Å². The van der Waals surface area contributed by atoms with Crippen molar-refractivity contribution in [3.8, 4) is 0 Å². The molecule has 116 valence electrons. The molecule has 0 aromatic heterocycles. The maximum atomic E-state index is 12.1. The summed E-state index contributed by atoms with van der Waals surface area (Å²) in [5, 5.41) is 10.6. The van der Waals surface area contributed by atoms with Gasteiger partial charge in [0.1, 0.15) is 0 Å². The van der Waals surface area contributed by atoms with E-state index in [1.165, 1.54) is 6.42 Å². The molecule has 0 aromatic carbocycles. The Hall–Kier alpha value is -0.650. The molecule has 1 saturated carbocycles. The lowest BCUT2D eigenvalue weighted by Crippen LogP contribution is -2.55. The molecule has 1 heterocycles. The zero-order valence-electron chi connectivity index (χ0n) is 12.7. The van der Waals surface area contributed by atoms with Gasteiger partial charge in [0.2, 0.25) is 5.91 Å². The highest BCUT2D eigenvalue weighted by Crippen LogP contribution is 2.39. The van der Waals surface area contributed by atoms with Crippen LogP contribution in [0.3, 0.4) is 0 Å². The van der Waals surface area contributed by atoms with Crippen molar-refractivity contribution < 1.29 is 9.90 Å². The molecule has 5 nitrogen and oxygen atoms in total. The molecule has 1 amide bonds. The van der Waals surface area contributed by atoms with Gasteiger partial charge in [-0.2, -0.15) is 0 Å². The quantitative estimate of drug-likeness (QED) is 0.767. The normalized spacial score (nSPS) is 30.9. The van der Waals surface area contributed by atoms with Crippen LogP contribution in [-0.2, 0) is 4.79 Å². The summed E-state index contributed by atoms with van der Waals surface area (Å²) >= 11 is 0. The minimum atomic E-state index is -0.455. The molecule has 2 aliphatic rings. The van der Waals surface area contributed by atoms with Gasteiger partial charge in [0.15, 0.2) is 0 Å². The molecule has 2 rings (SSSR count). The molecule has 1 aliphatic carbocycles. The minimum absolute atomic E-state index is 0.166. The Morgan fingerprint density at radius 2 is 2.25 bits per heavy atom. The molecule has 2 unspecified atom stereocenters. The number of hydrogen-bond donors (Lipinski definition) is 2. The second-order valence-electron chi connectivity index (χ2n) is 6.49. The molecule has 20 heavy (non-hydrogen) atoms. The Morgan fingerprint density at radius 1 is 1.45 bits per heavy atom. The number of rotatable bonds is 5. The number of likely N-dealkylation sites (tertiary alicyclic amines) is 1. The average Bonchev–Trinajstić information content (AvgIpc) is 2.44. The summed E-state index contributed by atoms with van der Waals surface area (Å²) in [6.07, 6.45) is 6.07. The summed E-state index contributed by atoms with van der Waals surface area (Å²) in [4.78, 5) is 16.1. The van der Waals surface area contributed by atoms with Gasteiger partial charge in [-0.3, -0.25) is 9.69 Å². The number of hydrogen-bond acceptors (Lipinski definition) is 4. The van der Waals surface area contributed by atoms with E-state index in [-0.39, 0.29) is 5.91 Å². The van der Waals surface area contributed by atoms with E-state index in [1.807, 2.05) is 7.05 Å². The fraction of sp³-hybridized carbons (Fsp3) is 0.933. The lowest BCUT2D eigenvalue weighted by Gasteiger charge is -2.47. The third kappa shape index (κ3) is 3.71. The predicted octanol–water partition coefficient (Wildman–Crippen LogP) is 0.421. The molecule has 1 aliphatic heterocycles. The second-order valence-corrected chi connectivity index (χ2v) is 6.49. The number of fused-ring (bicyclic) bond motifs is 1. The molecular weight excluding hydrogens is 254 g/mol. The van der Waals surface area contributed by atoms with Gasteiger partial charge >= 0.3 is 0 Å². The van der Waals surface area contributed by atoms with Crippen molar-refractivity contribution in [2.75, 3.05) is 39.8 Å². The Balaban J connectivity index is 1.81. The molecule has 1 saturated heterocycles. The first-order chi connectivity index (χ1) is 9.55. The standard InChI is InChI=1S/C15H29N3O2/c1-17(9-4-8-16)14(19)12-18-10-7-15(20)6-3-2-5-13(15)11-18/h13,20H,2-12,16H2,1H3. The molecule has 2 atom stereocenters. The van der Waals surface area contributed by atoms with Crippen molar-refractivity contribution >= 4 is 5.91 Å². The number of amides is 1. The fourth-order valence-electron chi connectivity index (χ4n) is 3.55. The largest absolute Gasteiger partial charge is 0.390 e. The third-order valence-electron chi connectivity index (χ3n) is 4.99. The van der Waals surface area contributed by atoms with Crippen LogP contribution in [0.5, 0.6) is 0 Å². The molecular formula is C15H29N3O2. The van der Waals surface area contributed by atoms with Crippen LogP contribution >= 0.6 is 0 Å². The van der Waals surface area contributed by atoms with Crippen LogP contribution in [0.15, 0.2) is 0 Å². The Morgan fingerprint density at radius 3 is 3.00 bits per heavy atom. The number of aliphatic hydroxyl groups is 1. The van der Waals surface area contributed by atoms with E-state index in [4.69, 9.17) is 5.73 Å². The van der Waals surface area contributed by atoms with Crippen LogP contribution in [-0.4, -0.2) is 66.2 Å². The van der Waals surface area contributed by atoms with E-state index >= 15 is 0 Å². The van der Waals surface area contributed by atoms with Gasteiger partial charge in [-0.1, -0.05) is 12.8 Å². The van der Waals surface area contributed by atoms with Crippen molar-refractivity contribution in [1.29, 1.82) is 0 Å². The van der Waals surface area contributed by atoms with Gasteiger partial charge < -0.3 is 15.7 Å². The Kier molecular flexibility index (Phi) is 5.41. The molecule has 3 N–H and O–H groups in total. The van der Waals surface area contributed by atoms with Crippen LogP contribution in [0.25, 0.3) is 0 Å². The van der Waals surface area contributed by atoms with Crippen LogP contribution in [0.2, 0.25) is 0 Å². The smallest absolute Gasteiger partial charge is 0.236 e. The minimum Gasteiger partial charge on any atom is -0.390 e. The summed E-state index contributed by atoms with van der Waals surface area (Å²) in [5.74, 6) is 0.520. The van der Waals surface area contributed by atoms with Crippen molar-refractivity contribution in [3.63, 3.8) is 0 Å². The fourth-order valence-corrected chi connectivity index (χ4v) is 3.55. The summed E-state index contributed by atoms with van der Waals surface area (Å²) in [6, 6.07) is 0. The second kappa shape index (κ2) is 6.87. The predicted molar refractivity (Wildman–Crippen MR) is 79.3 cm³/mol. The summed E-state index contributed by atoms with van der Waals surface area (Å²) < 4.78 is 0. The molecule has 0 spiro atoms. The first-order valence-corrected chi connectivity index (χ1v) is 7.94.